The topological polar surface area (TPSA) is 88.3 Å². The summed E-state index contributed by atoms with van der Waals surface area (Å²) < 4.78 is 19.6. The van der Waals surface area contributed by atoms with Gasteiger partial charge in [-0.05, 0) is 24.3 Å². The van der Waals surface area contributed by atoms with Crippen molar-refractivity contribution >= 4 is 23.2 Å². The number of carbonyl (C=O) groups excluding carboxylic acids is 1. The normalized spacial score (nSPS) is 15.0. The molecule has 0 amide bonds. The largest absolute Gasteiger partial charge is 0.496 e. The van der Waals surface area contributed by atoms with Crippen molar-refractivity contribution in [1.82, 2.24) is 0 Å². The summed E-state index contributed by atoms with van der Waals surface area (Å²) in [5.41, 5.74) is 2.42. The number of rotatable bonds is 5. The molecule has 0 fully saturated rings. The third-order valence-electron chi connectivity index (χ3n) is 4.73. The molecule has 2 aromatic rings. The number of hydrogen-bond donors (Lipinski definition) is 1. The maximum Gasteiger partial charge on any atom is 0.335 e. The number of nitrogens with zero attached hydrogens (tertiary/aromatic N) is 2. The van der Waals surface area contributed by atoms with Gasteiger partial charge in [0.15, 0.2) is 5.78 Å². The molecule has 0 bridgehead atoms. The van der Waals surface area contributed by atoms with Crippen molar-refractivity contribution in [2.24, 2.45) is 10.2 Å². The van der Waals surface area contributed by atoms with Gasteiger partial charge in [-0.25, -0.2) is 9.18 Å². The lowest BCUT2D eigenvalue weighted by molar-refractivity contribution is 0.0696. The first-order valence-corrected chi connectivity index (χ1v) is 8.78. The summed E-state index contributed by atoms with van der Waals surface area (Å²) in [5.74, 6) is -2.11. The molecule has 2 aromatic carbocycles. The Hall–Kier alpha value is -3.87. The van der Waals surface area contributed by atoms with E-state index < -0.39 is 17.6 Å². The third-order valence-corrected chi connectivity index (χ3v) is 4.73. The fourth-order valence-electron chi connectivity index (χ4n) is 3.34. The number of carbonyl (C=O) groups is 2. The molecule has 0 saturated carbocycles. The summed E-state index contributed by atoms with van der Waals surface area (Å²) in [4.78, 5) is 24.3. The van der Waals surface area contributed by atoms with Crippen LogP contribution >= 0.6 is 0 Å². The number of methoxy groups -OCH3 is 1. The Bertz CT molecular complexity index is 1160. The Morgan fingerprint density at radius 1 is 1.10 bits per heavy atom. The van der Waals surface area contributed by atoms with Crippen LogP contribution < -0.4 is 4.74 Å². The molecule has 6 nitrogen and oxygen atoms in total. The zero-order chi connectivity index (χ0) is 20.5. The number of ketones is 1. The van der Waals surface area contributed by atoms with Crippen LogP contribution in [0.25, 0.3) is 0 Å². The van der Waals surface area contributed by atoms with E-state index in [0.717, 1.165) is 0 Å². The Kier molecular flexibility index (Phi) is 4.64. The lowest BCUT2D eigenvalue weighted by Gasteiger charge is -2.16. The summed E-state index contributed by atoms with van der Waals surface area (Å²) in [5, 5.41) is 17.4. The minimum absolute atomic E-state index is 0.137. The van der Waals surface area contributed by atoms with Crippen molar-refractivity contribution < 1.29 is 23.8 Å². The van der Waals surface area contributed by atoms with Gasteiger partial charge in [0.1, 0.15) is 22.8 Å². The first kappa shape index (κ1) is 18.5. The minimum atomic E-state index is -1.04. The van der Waals surface area contributed by atoms with E-state index in [9.17, 15) is 14.0 Å². The van der Waals surface area contributed by atoms with Crippen LogP contribution in [0.3, 0.4) is 0 Å². The molecule has 4 rings (SSSR count). The molecule has 144 valence electrons. The SMILES string of the molecule is COc1cccc(F)c1C(=O)C1=C2C(=NN=C2c2ccc(C(=O)O)cc2)CC=C1. The van der Waals surface area contributed by atoms with Crippen LogP contribution in [0.5, 0.6) is 5.75 Å². The fraction of sp³-hybridized carbons (Fsp3) is 0.0909. The van der Waals surface area contributed by atoms with Gasteiger partial charge in [0.25, 0.3) is 0 Å². The second-order valence-corrected chi connectivity index (χ2v) is 6.42. The van der Waals surface area contributed by atoms with E-state index >= 15 is 0 Å². The van der Waals surface area contributed by atoms with Crippen molar-refractivity contribution in [2.45, 2.75) is 6.42 Å². The Balaban J connectivity index is 1.82. The second kappa shape index (κ2) is 7.27. The average molecular weight is 390 g/mol. The van der Waals surface area contributed by atoms with E-state index in [4.69, 9.17) is 9.84 Å². The highest BCUT2D eigenvalue weighted by Gasteiger charge is 2.31. The lowest BCUT2D eigenvalue weighted by atomic mass is 9.85. The van der Waals surface area contributed by atoms with E-state index in [0.29, 0.717) is 29.0 Å². The van der Waals surface area contributed by atoms with Gasteiger partial charge in [-0.3, -0.25) is 4.79 Å². The smallest absolute Gasteiger partial charge is 0.335 e. The molecule has 2 aliphatic rings. The van der Waals surface area contributed by atoms with Crippen LogP contribution in [0.4, 0.5) is 4.39 Å². The molecule has 0 aromatic heterocycles. The van der Waals surface area contributed by atoms with Gasteiger partial charge in [0.05, 0.1) is 18.4 Å². The standard InChI is InChI=1S/C22H15FN2O4/c1-29-17-7-3-5-15(23)19(17)21(26)14-4-2-6-16-18(14)20(25-24-16)12-8-10-13(11-9-12)22(27)28/h2-5,7-11H,6H2,1H3,(H,27,28). The highest BCUT2D eigenvalue weighted by Crippen LogP contribution is 2.32. The van der Waals surface area contributed by atoms with E-state index in [1.807, 2.05) is 0 Å². The number of hydrogen-bond acceptors (Lipinski definition) is 5. The highest BCUT2D eigenvalue weighted by atomic mass is 19.1. The molecular weight excluding hydrogens is 375 g/mol. The van der Waals surface area contributed by atoms with E-state index in [-0.39, 0.29) is 22.4 Å². The van der Waals surface area contributed by atoms with E-state index in [1.165, 1.54) is 37.4 Å². The third kappa shape index (κ3) is 3.16. The number of ether oxygens (including phenoxy) is 1. The Morgan fingerprint density at radius 2 is 1.86 bits per heavy atom. The van der Waals surface area contributed by atoms with Crippen LogP contribution in [0.2, 0.25) is 0 Å². The number of fused-ring (bicyclic) bond motifs is 1. The van der Waals surface area contributed by atoms with Crippen LogP contribution in [0.15, 0.2) is 76.0 Å². The van der Waals surface area contributed by atoms with Crippen molar-refractivity contribution in [2.75, 3.05) is 7.11 Å². The first-order valence-electron chi connectivity index (χ1n) is 8.78. The van der Waals surface area contributed by atoms with Crippen molar-refractivity contribution in [3.63, 3.8) is 0 Å². The molecule has 0 spiro atoms. The number of aromatic carboxylic acids is 1. The number of halogens is 1. The number of carboxylic acid groups (broad SMARTS) is 1. The van der Waals surface area contributed by atoms with Crippen LogP contribution in [-0.4, -0.2) is 35.4 Å². The summed E-state index contributed by atoms with van der Waals surface area (Å²) in [7, 11) is 1.37. The second-order valence-electron chi connectivity index (χ2n) is 6.42. The predicted molar refractivity (Wildman–Crippen MR) is 105 cm³/mol. The number of carboxylic acids is 1. The van der Waals surface area contributed by atoms with Crippen molar-refractivity contribution in [3.8, 4) is 5.75 Å². The minimum Gasteiger partial charge on any atom is -0.496 e. The zero-order valence-corrected chi connectivity index (χ0v) is 15.3. The molecule has 29 heavy (non-hydrogen) atoms. The fourth-order valence-corrected chi connectivity index (χ4v) is 3.34. The highest BCUT2D eigenvalue weighted by molar-refractivity contribution is 6.37. The van der Waals surface area contributed by atoms with Gasteiger partial charge < -0.3 is 9.84 Å². The quantitative estimate of drug-likeness (QED) is 0.786. The van der Waals surface area contributed by atoms with Gasteiger partial charge in [0.2, 0.25) is 0 Å². The summed E-state index contributed by atoms with van der Waals surface area (Å²) in [6.45, 7) is 0. The monoisotopic (exact) mass is 390 g/mol. The molecular formula is C22H15FN2O4. The first-order chi connectivity index (χ1) is 14.0. The zero-order valence-electron chi connectivity index (χ0n) is 15.3. The molecule has 7 heteroatoms. The lowest BCUT2D eigenvalue weighted by Crippen LogP contribution is -2.19. The maximum absolute atomic E-state index is 14.5. The number of allylic oxidation sites excluding steroid dienone is 4. The van der Waals surface area contributed by atoms with Crippen LogP contribution in [-0.2, 0) is 0 Å². The molecule has 0 radical (unpaired) electrons. The summed E-state index contributed by atoms with van der Waals surface area (Å²) in [6, 6.07) is 10.3. The van der Waals surface area contributed by atoms with Gasteiger partial charge in [0, 0.05) is 23.1 Å². The summed E-state index contributed by atoms with van der Waals surface area (Å²) >= 11 is 0. The molecule has 0 atom stereocenters. The van der Waals surface area contributed by atoms with Crippen LogP contribution in [0.1, 0.15) is 32.7 Å². The van der Waals surface area contributed by atoms with Crippen LogP contribution in [0, 0.1) is 5.82 Å². The van der Waals surface area contributed by atoms with Crippen molar-refractivity contribution in [3.05, 3.63) is 88.3 Å². The molecule has 1 heterocycles. The van der Waals surface area contributed by atoms with E-state index in [2.05, 4.69) is 10.2 Å². The van der Waals surface area contributed by atoms with Gasteiger partial charge in [-0.15, -0.1) is 5.10 Å². The van der Waals surface area contributed by atoms with Crippen molar-refractivity contribution in [1.29, 1.82) is 0 Å². The predicted octanol–water partition coefficient (Wildman–Crippen LogP) is 3.83. The maximum atomic E-state index is 14.5. The van der Waals surface area contributed by atoms with Gasteiger partial charge >= 0.3 is 5.97 Å². The number of Topliss-reactive ketones (excluding diaryl/α,β-unsaturated/α-hetero) is 1. The molecule has 1 aliphatic carbocycles. The average Bonchev–Trinajstić information content (AvgIpc) is 3.17. The number of benzene rings is 2. The molecule has 0 unspecified atom stereocenters. The Morgan fingerprint density at radius 3 is 2.55 bits per heavy atom. The van der Waals surface area contributed by atoms with Gasteiger partial charge in [-0.1, -0.05) is 30.4 Å². The van der Waals surface area contributed by atoms with E-state index in [1.54, 1.807) is 24.3 Å². The molecule has 0 saturated heterocycles. The summed E-state index contributed by atoms with van der Waals surface area (Å²) in [6.07, 6.45) is 3.89. The molecule has 1 aliphatic heterocycles. The van der Waals surface area contributed by atoms with Gasteiger partial charge in [-0.2, -0.15) is 5.10 Å². The Labute approximate surface area is 165 Å². The molecule has 1 N–H and O–H groups in total.